The third-order valence-electron chi connectivity index (χ3n) is 5.17. The summed E-state index contributed by atoms with van der Waals surface area (Å²) in [6, 6.07) is 9.54. The van der Waals surface area contributed by atoms with Crippen LogP contribution in [-0.4, -0.2) is 44.8 Å². The van der Waals surface area contributed by atoms with E-state index in [1.54, 1.807) is 28.4 Å². The van der Waals surface area contributed by atoms with Crippen LogP contribution in [-0.2, 0) is 0 Å². The Balaban J connectivity index is 1.21. The molecule has 0 bridgehead atoms. The van der Waals surface area contributed by atoms with Gasteiger partial charge in [-0.3, -0.25) is 14.7 Å². The summed E-state index contributed by atoms with van der Waals surface area (Å²) in [4.78, 5) is 27.6. The van der Waals surface area contributed by atoms with Crippen molar-refractivity contribution >= 4 is 17.2 Å². The number of thiophene rings is 1. The topological polar surface area (TPSA) is 80.2 Å². The number of aryl methyl sites for hydroxylation is 1. The molecule has 8 heteroatoms. The lowest BCUT2D eigenvalue weighted by molar-refractivity contribution is 0.0172. The van der Waals surface area contributed by atoms with Crippen molar-refractivity contribution in [2.24, 2.45) is 0 Å². The van der Waals surface area contributed by atoms with Crippen LogP contribution in [0.1, 0.15) is 35.1 Å². The van der Waals surface area contributed by atoms with Crippen molar-refractivity contribution in [3.05, 3.63) is 57.5 Å². The number of amides is 1. The van der Waals surface area contributed by atoms with Gasteiger partial charge < -0.3 is 14.2 Å². The zero-order chi connectivity index (χ0) is 19.3. The van der Waals surface area contributed by atoms with Crippen LogP contribution in [0.2, 0.25) is 0 Å². The summed E-state index contributed by atoms with van der Waals surface area (Å²) >= 11 is 1.60. The minimum Gasteiger partial charge on any atom is -0.486 e. The highest BCUT2D eigenvalue weighted by Crippen LogP contribution is 2.35. The van der Waals surface area contributed by atoms with Crippen molar-refractivity contribution in [3.63, 3.8) is 0 Å². The summed E-state index contributed by atoms with van der Waals surface area (Å²) in [6.07, 6.45) is 2.04. The first-order chi connectivity index (χ1) is 13.6. The maximum Gasteiger partial charge on any atom is 0.274 e. The van der Waals surface area contributed by atoms with Gasteiger partial charge in [-0.2, -0.15) is 5.10 Å². The average Bonchev–Trinajstić information content (AvgIpc) is 3.10. The molecule has 0 aromatic carbocycles. The molecule has 5 rings (SSSR count). The number of nitrogens with zero attached hydrogens (tertiary/aromatic N) is 3. The van der Waals surface area contributed by atoms with Crippen molar-refractivity contribution in [2.45, 2.75) is 31.9 Å². The molecule has 1 aliphatic heterocycles. The molecule has 2 aliphatic rings. The summed E-state index contributed by atoms with van der Waals surface area (Å²) in [6.45, 7) is 2.92. The fraction of sp³-hybridized carbons (Fsp3) is 0.350. The molecular formula is C20H20N4O3S. The van der Waals surface area contributed by atoms with E-state index in [-0.39, 0.29) is 17.6 Å². The molecule has 0 radical (unpaired) electrons. The van der Waals surface area contributed by atoms with Gasteiger partial charge in [-0.1, -0.05) is 6.07 Å². The number of pyridine rings is 1. The van der Waals surface area contributed by atoms with Gasteiger partial charge >= 0.3 is 0 Å². The van der Waals surface area contributed by atoms with Gasteiger partial charge in [0.15, 0.2) is 5.69 Å². The molecule has 28 heavy (non-hydrogen) atoms. The van der Waals surface area contributed by atoms with E-state index in [9.17, 15) is 9.59 Å². The van der Waals surface area contributed by atoms with Crippen LogP contribution in [0.25, 0.3) is 10.6 Å². The van der Waals surface area contributed by atoms with Gasteiger partial charge in [-0.05, 0) is 43.3 Å². The van der Waals surface area contributed by atoms with Crippen LogP contribution < -0.4 is 10.3 Å². The number of hydrogen-bond donors (Lipinski definition) is 1. The molecule has 3 aromatic rings. The number of nitrogens with one attached hydrogen (secondary N) is 1. The lowest BCUT2D eigenvalue weighted by Gasteiger charge is -2.38. The summed E-state index contributed by atoms with van der Waals surface area (Å²) in [5, 5.41) is 9.05. The van der Waals surface area contributed by atoms with E-state index in [1.165, 1.54) is 0 Å². The molecule has 0 spiro atoms. The Morgan fingerprint density at radius 2 is 2.11 bits per heavy atom. The van der Waals surface area contributed by atoms with Gasteiger partial charge in [0.1, 0.15) is 11.9 Å². The van der Waals surface area contributed by atoms with Crippen LogP contribution in [0.4, 0.5) is 0 Å². The molecule has 7 nitrogen and oxygen atoms in total. The van der Waals surface area contributed by atoms with Gasteiger partial charge in [-0.15, -0.1) is 11.3 Å². The fourth-order valence-electron chi connectivity index (χ4n) is 3.57. The van der Waals surface area contributed by atoms with E-state index in [2.05, 4.69) is 10.2 Å². The number of aromatic amines is 1. The lowest BCUT2D eigenvalue weighted by atomic mass is 10.1. The molecule has 1 amide bonds. The zero-order valence-electron chi connectivity index (χ0n) is 15.4. The third-order valence-corrected chi connectivity index (χ3v) is 6.07. The number of ether oxygens (including phenoxy) is 1. The largest absolute Gasteiger partial charge is 0.486 e. The predicted octanol–water partition coefficient (Wildman–Crippen LogP) is 2.85. The minimum atomic E-state index is -0.112. The van der Waals surface area contributed by atoms with E-state index >= 15 is 0 Å². The number of carbonyl (C=O) groups excluding carboxylic acids is 1. The van der Waals surface area contributed by atoms with Gasteiger partial charge in [0.05, 0.1) is 23.7 Å². The summed E-state index contributed by atoms with van der Waals surface area (Å²) in [5.74, 6) is 0.468. The fourth-order valence-corrected chi connectivity index (χ4v) is 4.27. The second-order valence-electron chi connectivity index (χ2n) is 7.37. The van der Waals surface area contributed by atoms with E-state index in [4.69, 9.17) is 4.74 Å². The SMILES string of the molecule is Cc1cc(OC2CN(C(=O)c3cc(-c4cccs4)[nH]n3)C2)cc(=O)n1C1CC1. The Bertz CT molecular complexity index is 1080. The Hall–Kier alpha value is -2.87. The Labute approximate surface area is 165 Å². The molecule has 144 valence electrons. The molecule has 0 unspecified atom stereocenters. The monoisotopic (exact) mass is 396 g/mol. The first-order valence-corrected chi connectivity index (χ1v) is 10.2. The van der Waals surface area contributed by atoms with E-state index in [0.29, 0.717) is 30.6 Å². The molecule has 1 saturated carbocycles. The van der Waals surface area contributed by atoms with Crippen LogP contribution >= 0.6 is 11.3 Å². The number of H-pyrrole nitrogens is 1. The number of hydrogen-bond acceptors (Lipinski definition) is 5. The zero-order valence-corrected chi connectivity index (χ0v) is 16.2. The first-order valence-electron chi connectivity index (χ1n) is 9.37. The second kappa shape index (κ2) is 6.63. The predicted molar refractivity (Wildman–Crippen MR) is 106 cm³/mol. The number of carbonyl (C=O) groups is 1. The van der Waals surface area contributed by atoms with Crippen molar-refractivity contribution in [1.29, 1.82) is 0 Å². The van der Waals surface area contributed by atoms with Crippen molar-refractivity contribution in [1.82, 2.24) is 19.7 Å². The normalized spacial score (nSPS) is 16.8. The highest BCUT2D eigenvalue weighted by atomic mass is 32.1. The summed E-state index contributed by atoms with van der Waals surface area (Å²) < 4.78 is 7.75. The van der Waals surface area contributed by atoms with Crippen molar-refractivity contribution in [2.75, 3.05) is 13.1 Å². The Kier molecular flexibility index (Phi) is 4.08. The van der Waals surface area contributed by atoms with Crippen molar-refractivity contribution in [3.8, 4) is 16.3 Å². The average molecular weight is 396 g/mol. The van der Waals surface area contributed by atoms with Crippen LogP contribution in [0, 0.1) is 6.92 Å². The van der Waals surface area contributed by atoms with Gasteiger partial charge in [0.25, 0.3) is 11.5 Å². The molecule has 1 N–H and O–H groups in total. The first kappa shape index (κ1) is 17.2. The van der Waals surface area contributed by atoms with Gasteiger partial charge in [-0.25, -0.2) is 0 Å². The van der Waals surface area contributed by atoms with Gasteiger partial charge in [0.2, 0.25) is 0 Å². The minimum absolute atomic E-state index is 0.0117. The Morgan fingerprint density at radius 3 is 2.79 bits per heavy atom. The van der Waals surface area contributed by atoms with E-state index < -0.39 is 0 Å². The van der Waals surface area contributed by atoms with Crippen molar-refractivity contribution < 1.29 is 9.53 Å². The molecule has 1 saturated heterocycles. The number of likely N-dealkylation sites (tertiary alicyclic amines) is 1. The number of rotatable bonds is 5. The second-order valence-corrected chi connectivity index (χ2v) is 8.31. The van der Waals surface area contributed by atoms with E-state index in [0.717, 1.165) is 29.1 Å². The molecule has 2 fully saturated rings. The third kappa shape index (κ3) is 3.13. The Morgan fingerprint density at radius 1 is 1.29 bits per heavy atom. The van der Waals surface area contributed by atoms with Crippen LogP contribution in [0.15, 0.2) is 40.5 Å². The smallest absolute Gasteiger partial charge is 0.274 e. The number of aromatic nitrogens is 3. The lowest BCUT2D eigenvalue weighted by Crippen LogP contribution is -2.56. The standard InChI is InChI=1S/C20H20N4O3S/c1-12-7-14(8-19(25)24(12)13-4-5-13)27-15-10-23(11-15)20(26)17-9-16(21-22-17)18-3-2-6-28-18/h2-3,6-9,13,15H,4-5,10-11H2,1H3,(H,21,22). The molecule has 3 aromatic heterocycles. The molecular weight excluding hydrogens is 376 g/mol. The summed E-state index contributed by atoms with van der Waals surface area (Å²) in [7, 11) is 0. The maximum absolute atomic E-state index is 12.6. The summed E-state index contributed by atoms with van der Waals surface area (Å²) in [5.41, 5.74) is 2.17. The van der Waals surface area contributed by atoms with Gasteiger partial charge in [0, 0.05) is 17.8 Å². The van der Waals surface area contributed by atoms with Crippen LogP contribution in [0.5, 0.6) is 5.75 Å². The highest BCUT2D eigenvalue weighted by molar-refractivity contribution is 7.13. The molecule has 0 atom stereocenters. The molecule has 4 heterocycles. The highest BCUT2D eigenvalue weighted by Gasteiger charge is 2.34. The van der Waals surface area contributed by atoms with E-state index in [1.807, 2.05) is 35.1 Å². The molecule has 1 aliphatic carbocycles. The van der Waals surface area contributed by atoms with Crippen LogP contribution in [0.3, 0.4) is 0 Å². The maximum atomic E-state index is 12.6. The quantitative estimate of drug-likeness (QED) is 0.719.